The number of ether oxygens (including phenoxy) is 1. The number of nitrogens with one attached hydrogen (secondary N) is 1. The van der Waals surface area contributed by atoms with E-state index in [-0.39, 0.29) is 11.8 Å². The Hall–Kier alpha value is -1.55. The van der Waals surface area contributed by atoms with E-state index in [0.29, 0.717) is 17.0 Å². The first kappa shape index (κ1) is 14.5. The van der Waals surface area contributed by atoms with Crippen molar-refractivity contribution in [2.45, 2.75) is 32.7 Å². The van der Waals surface area contributed by atoms with Crippen molar-refractivity contribution in [1.29, 1.82) is 0 Å². The van der Waals surface area contributed by atoms with Crippen LogP contribution in [0.25, 0.3) is 0 Å². The lowest BCUT2D eigenvalue weighted by molar-refractivity contribution is 0.0951. The van der Waals surface area contributed by atoms with E-state index in [0.717, 1.165) is 19.4 Å². The Labute approximate surface area is 109 Å². The van der Waals surface area contributed by atoms with Gasteiger partial charge >= 0.3 is 0 Å². The number of nitrogens with two attached hydrogens (primary N) is 1. The lowest BCUT2D eigenvalue weighted by Gasteiger charge is -2.13. The number of ketones is 1. The molecule has 1 unspecified atom stereocenters. The second-order valence-electron chi connectivity index (χ2n) is 4.35. The summed E-state index contributed by atoms with van der Waals surface area (Å²) < 4.78 is 5.07. The molecule has 0 saturated heterocycles. The molecule has 0 aliphatic heterocycles. The maximum absolute atomic E-state index is 12.1. The highest BCUT2D eigenvalue weighted by molar-refractivity contribution is 6.00. The fraction of sp³-hybridized carbons (Fsp3) is 0.500. The topological polar surface area (TPSA) is 64.3 Å². The van der Waals surface area contributed by atoms with Crippen molar-refractivity contribution in [3.05, 3.63) is 23.8 Å². The van der Waals surface area contributed by atoms with Crippen molar-refractivity contribution in [2.75, 3.05) is 19.4 Å². The Morgan fingerprint density at radius 1 is 1.50 bits per heavy atom. The van der Waals surface area contributed by atoms with Crippen LogP contribution in [0.2, 0.25) is 0 Å². The van der Waals surface area contributed by atoms with Gasteiger partial charge in [0.2, 0.25) is 0 Å². The minimum absolute atomic E-state index is 0.0560. The van der Waals surface area contributed by atoms with Crippen LogP contribution in [-0.2, 0) is 0 Å². The Balaban J connectivity index is 2.68. The number of rotatable bonds is 7. The molecule has 1 aromatic rings. The Morgan fingerprint density at radius 3 is 2.78 bits per heavy atom. The molecule has 4 heteroatoms. The predicted octanol–water partition coefficient (Wildman–Crippen LogP) is 2.24. The highest BCUT2D eigenvalue weighted by Crippen LogP contribution is 2.22. The highest BCUT2D eigenvalue weighted by Gasteiger charge is 2.15. The molecule has 0 spiro atoms. The fourth-order valence-corrected chi connectivity index (χ4v) is 1.73. The van der Waals surface area contributed by atoms with Crippen molar-refractivity contribution in [3.63, 3.8) is 0 Å². The third-order valence-corrected chi connectivity index (χ3v) is 2.89. The van der Waals surface area contributed by atoms with E-state index in [9.17, 15) is 4.79 Å². The zero-order valence-electron chi connectivity index (χ0n) is 11.3. The molecule has 0 amide bonds. The van der Waals surface area contributed by atoms with Gasteiger partial charge in [-0.1, -0.05) is 13.3 Å². The molecular formula is C14H22N2O2. The van der Waals surface area contributed by atoms with Gasteiger partial charge < -0.3 is 15.8 Å². The number of benzene rings is 1. The molecule has 0 aliphatic rings. The van der Waals surface area contributed by atoms with Crippen LogP contribution < -0.4 is 15.8 Å². The molecule has 0 fully saturated rings. The van der Waals surface area contributed by atoms with Gasteiger partial charge in [-0.15, -0.1) is 0 Å². The van der Waals surface area contributed by atoms with Crippen LogP contribution in [0.5, 0.6) is 5.75 Å². The van der Waals surface area contributed by atoms with Crippen LogP contribution in [0.1, 0.15) is 37.0 Å². The molecule has 0 aromatic heterocycles. The third-order valence-electron chi connectivity index (χ3n) is 2.89. The Kier molecular flexibility index (Phi) is 5.65. The van der Waals surface area contributed by atoms with Crippen molar-refractivity contribution >= 4 is 11.5 Å². The van der Waals surface area contributed by atoms with Crippen LogP contribution in [0, 0.1) is 0 Å². The first-order chi connectivity index (χ1) is 8.60. The van der Waals surface area contributed by atoms with E-state index in [1.54, 1.807) is 25.3 Å². The van der Waals surface area contributed by atoms with E-state index in [2.05, 4.69) is 12.2 Å². The average molecular weight is 250 g/mol. The lowest BCUT2D eigenvalue weighted by Crippen LogP contribution is -2.34. The van der Waals surface area contributed by atoms with Crippen LogP contribution in [0.15, 0.2) is 18.2 Å². The molecule has 4 nitrogen and oxygen atoms in total. The SMILES string of the molecule is CCCCNC(C)C(=O)c1ccc(OC)c(N)c1. The number of hydrogen-bond acceptors (Lipinski definition) is 4. The Bertz CT molecular complexity index is 405. The average Bonchev–Trinajstić information content (AvgIpc) is 2.38. The summed E-state index contributed by atoms with van der Waals surface area (Å²) >= 11 is 0. The van der Waals surface area contributed by atoms with Gasteiger partial charge in [0.05, 0.1) is 18.8 Å². The van der Waals surface area contributed by atoms with E-state index in [4.69, 9.17) is 10.5 Å². The maximum Gasteiger partial charge on any atom is 0.179 e. The summed E-state index contributed by atoms with van der Waals surface area (Å²) in [6.07, 6.45) is 2.19. The zero-order valence-corrected chi connectivity index (χ0v) is 11.3. The number of unbranched alkanes of at least 4 members (excludes halogenated alkanes) is 1. The summed E-state index contributed by atoms with van der Waals surface area (Å²) in [7, 11) is 1.56. The zero-order chi connectivity index (χ0) is 13.5. The lowest BCUT2D eigenvalue weighted by atomic mass is 10.0. The molecule has 0 bridgehead atoms. The van der Waals surface area contributed by atoms with Gasteiger partial charge in [0.25, 0.3) is 0 Å². The van der Waals surface area contributed by atoms with E-state index >= 15 is 0 Å². The smallest absolute Gasteiger partial charge is 0.179 e. The summed E-state index contributed by atoms with van der Waals surface area (Å²) in [5.41, 5.74) is 6.90. The van der Waals surface area contributed by atoms with Gasteiger partial charge in [-0.25, -0.2) is 0 Å². The minimum atomic E-state index is -0.190. The summed E-state index contributed by atoms with van der Waals surface area (Å²) in [5, 5.41) is 3.21. The molecular weight excluding hydrogens is 228 g/mol. The molecule has 3 N–H and O–H groups in total. The molecule has 0 saturated carbocycles. The van der Waals surface area contributed by atoms with Gasteiger partial charge in [0.15, 0.2) is 5.78 Å². The van der Waals surface area contributed by atoms with Crippen molar-refractivity contribution < 1.29 is 9.53 Å². The van der Waals surface area contributed by atoms with E-state index < -0.39 is 0 Å². The molecule has 1 aromatic carbocycles. The number of anilines is 1. The first-order valence-electron chi connectivity index (χ1n) is 6.31. The number of Topliss-reactive ketones (excluding diaryl/α,β-unsaturated/α-hetero) is 1. The third kappa shape index (κ3) is 3.74. The summed E-state index contributed by atoms with van der Waals surface area (Å²) in [6.45, 7) is 4.85. The molecule has 0 heterocycles. The van der Waals surface area contributed by atoms with E-state index in [1.807, 2.05) is 6.92 Å². The number of methoxy groups -OCH3 is 1. The van der Waals surface area contributed by atoms with Gasteiger partial charge in [-0.3, -0.25) is 4.79 Å². The van der Waals surface area contributed by atoms with Crippen LogP contribution in [0.4, 0.5) is 5.69 Å². The van der Waals surface area contributed by atoms with Crippen LogP contribution in [0.3, 0.4) is 0 Å². The summed E-state index contributed by atoms with van der Waals surface area (Å²) in [6, 6.07) is 4.94. The van der Waals surface area contributed by atoms with Crippen molar-refractivity contribution in [1.82, 2.24) is 5.32 Å². The second kappa shape index (κ2) is 7.01. The monoisotopic (exact) mass is 250 g/mol. The summed E-state index contributed by atoms with van der Waals surface area (Å²) in [5.74, 6) is 0.651. The quantitative estimate of drug-likeness (QED) is 0.442. The standard InChI is InChI=1S/C14H22N2O2/c1-4-5-8-16-10(2)14(17)11-6-7-13(18-3)12(15)9-11/h6-7,9-10,16H,4-5,8,15H2,1-3H3. The number of nitrogen functional groups attached to an aromatic ring is 1. The molecule has 1 rings (SSSR count). The molecule has 0 aliphatic carbocycles. The molecule has 1 atom stereocenters. The predicted molar refractivity (Wildman–Crippen MR) is 74.1 cm³/mol. The van der Waals surface area contributed by atoms with Gasteiger partial charge in [-0.05, 0) is 38.1 Å². The van der Waals surface area contributed by atoms with Gasteiger partial charge in [0, 0.05) is 5.56 Å². The maximum atomic E-state index is 12.1. The minimum Gasteiger partial charge on any atom is -0.495 e. The van der Waals surface area contributed by atoms with Crippen LogP contribution >= 0.6 is 0 Å². The van der Waals surface area contributed by atoms with Gasteiger partial charge in [0.1, 0.15) is 5.75 Å². The molecule has 18 heavy (non-hydrogen) atoms. The highest BCUT2D eigenvalue weighted by atomic mass is 16.5. The largest absolute Gasteiger partial charge is 0.495 e. The van der Waals surface area contributed by atoms with Gasteiger partial charge in [-0.2, -0.15) is 0 Å². The number of hydrogen-bond donors (Lipinski definition) is 2. The number of carbonyl (C=O) groups is 1. The normalized spacial score (nSPS) is 12.2. The van der Waals surface area contributed by atoms with E-state index in [1.165, 1.54) is 0 Å². The number of carbonyl (C=O) groups excluding carboxylic acids is 1. The Morgan fingerprint density at radius 2 is 2.22 bits per heavy atom. The van der Waals surface area contributed by atoms with Crippen molar-refractivity contribution in [2.24, 2.45) is 0 Å². The first-order valence-corrected chi connectivity index (χ1v) is 6.31. The van der Waals surface area contributed by atoms with Crippen molar-refractivity contribution in [3.8, 4) is 5.75 Å². The second-order valence-corrected chi connectivity index (χ2v) is 4.35. The summed E-state index contributed by atoms with van der Waals surface area (Å²) in [4.78, 5) is 12.1. The van der Waals surface area contributed by atoms with Crippen LogP contribution in [-0.4, -0.2) is 25.5 Å². The molecule has 0 radical (unpaired) electrons. The molecule has 100 valence electrons. The fourth-order valence-electron chi connectivity index (χ4n) is 1.73.